The molecule has 1 aromatic heterocycles. The highest BCUT2D eigenvalue weighted by Crippen LogP contribution is 2.26. The van der Waals surface area contributed by atoms with E-state index in [1.165, 1.54) is 6.20 Å². The number of aromatic nitrogens is 2. The van der Waals surface area contributed by atoms with Crippen LogP contribution in [0, 0.1) is 0 Å². The van der Waals surface area contributed by atoms with Gasteiger partial charge in [-0.15, -0.1) is 0 Å². The lowest BCUT2D eigenvalue weighted by Crippen LogP contribution is -2.08. The second-order valence-electron chi connectivity index (χ2n) is 3.46. The first-order valence-electron chi connectivity index (χ1n) is 4.67. The number of alkyl halides is 3. The highest BCUT2D eigenvalue weighted by molar-refractivity contribution is 9.08. The second kappa shape index (κ2) is 4.38. The molecule has 6 heteroatoms. The van der Waals surface area contributed by atoms with Gasteiger partial charge in [0, 0.05) is 23.1 Å². The van der Waals surface area contributed by atoms with Crippen LogP contribution >= 0.6 is 15.9 Å². The molecule has 1 aliphatic rings. The molecule has 15 heavy (non-hydrogen) atoms. The van der Waals surface area contributed by atoms with E-state index < -0.39 is 6.43 Å². The molecule has 0 radical (unpaired) electrons. The van der Waals surface area contributed by atoms with E-state index in [9.17, 15) is 8.78 Å². The lowest BCUT2D eigenvalue weighted by molar-refractivity contribution is 0.145. The smallest absolute Gasteiger partial charge is 0.280 e. The van der Waals surface area contributed by atoms with E-state index >= 15 is 0 Å². The molecule has 0 atom stereocenters. The molecule has 1 aliphatic carbocycles. The van der Waals surface area contributed by atoms with Gasteiger partial charge in [-0.05, 0) is 12.8 Å². The number of anilines is 1. The van der Waals surface area contributed by atoms with Crippen molar-refractivity contribution in [2.45, 2.75) is 30.6 Å². The van der Waals surface area contributed by atoms with Crippen LogP contribution in [0.2, 0.25) is 0 Å². The zero-order chi connectivity index (χ0) is 10.8. The molecule has 0 spiro atoms. The van der Waals surface area contributed by atoms with E-state index in [2.05, 4.69) is 31.2 Å². The normalized spacial score (nSPS) is 15.7. The summed E-state index contributed by atoms with van der Waals surface area (Å²) in [6.07, 6.45) is 1.01. The first-order chi connectivity index (χ1) is 7.20. The molecule has 1 heterocycles. The zero-order valence-electron chi connectivity index (χ0n) is 7.88. The predicted molar refractivity (Wildman–Crippen MR) is 56.3 cm³/mol. The maximum Gasteiger partial charge on any atom is 0.280 e. The van der Waals surface area contributed by atoms with Gasteiger partial charge in [0.25, 0.3) is 6.43 Å². The lowest BCUT2D eigenvalue weighted by atomic mass is 10.2. The van der Waals surface area contributed by atoms with Crippen molar-refractivity contribution in [1.82, 2.24) is 9.97 Å². The highest BCUT2D eigenvalue weighted by atomic mass is 79.9. The van der Waals surface area contributed by atoms with Crippen LogP contribution in [0.4, 0.5) is 14.7 Å². The third-order valence-corrected chi connectivity index (χ3v) is 2.76. The number of nitrogens with zero attached hydrogens (tertiary/aromatic N) is 2. The van der Waals surface area contributed by atoms with Gasteiger partial charge < -0.3 is 5.32 Å². The van der Waals surface area contributed by atoms with Crippen LogP contribution in [-0.2, 0) is 5.33 Å². The SMILES string of the molecule is FC(F)c1nc(NC2CC2)ncc1CBr. The van der Waals surface area contributed by atoms with Crippen LogP contribution in [-0.4, -0.2) is 16.0 Å². The summed E-state index contributed by atoms with van der Waals surface area (Å²) in [6.45, 7) is 0. The molecule has 1 N–H and O–H groups in total. The first-order valence-corrected chi connectivity index (χ1v) is 5.79. The molecule has 82 valence electrons. The monoisotopic (exact) mass is 277 g/mol. The fourth-order valence-corrected chi connectivity index (χ4v) is 1.62. The molecule has 1 fully saturated rings. The van der Waals surface area contributed by atoms with Crippen LogP contribution in [0.25, 0.3) is 0 Å². The van der Waals surface area contributed by atoms with Crippen molar-refractivity contribution in [3.05, 3.63) is 17.5 Å². The molecular formula is C9H10BrF2N3. The largest absolute Gasteiger partial charge is 0.351 e. The summed E-state index contributed by atoms with van der Waals surface area (Å²) in [4.78, 5) is 7.81. The molecule has 2 rings (SSSR count). The quantitative estimate of drug-likeness (QED) is 0.860. The molecule has 1 saturated carbocycles. The minimum Gasteiger partial charge on any atom is -0.351 e. The average Bonchev–Trinajstić information content (AvgIpc) is 3.01. The molecule has 0 bridgehead atoms. The topological polar surface area (TPSA) is 37.8 Å². The third kappa shape index (κ3) is 2.62. The Hall–Kier alpha value is -0.780. The Morgan fingerprint density at radius 2 is 2.27 bits per heavy atom. The van der Waals surface area contributed by atoms with Crippen molar-refractivity contribution >= 4 is 21.9 Å². The number of hydrogen-bond acceptors (Lipinski definition) is 3. The van der Waals surface area contributed by atoms with E-state index in [4.69, 9.17) is 0 Å². The van der Waals surface area contributed by atoms with Gasteiger partial charge in [0.05, 0.1) is 0 Å². The van der Waals surface area contributed by atoms with Gasteiger partial charge in [0.1, 0.15) is 5.69 Å². The Kier molecular flexibility index (Phi) is 3.14. The van der Waals surface area contributed by atoms with E-state index in [0.29, 0.717) is 22.9 Å². The summed E-state index contributed by atoms with van der Waals surface area (Å²) >= 11 is 3.13. The molecule has 0 saturated heterocycles. The average molecular weight is 278 g/mol. The maximum absolute atomic E-state index is 12.6. The summed E-state index contributed by atoms with van der Waals surface area (Å²) in [5, 5.41) is 3.34. The van der Waals surface area contributed by atoms with Gasteiger partial charge in [0.2, 0.25) is 5.95 Å². The number of rotatable bonds is 4. The number of nitrogens with one attached hydrogen (secondary N) is 1. The summed E-state index contributed by atoms with van der Waals surface area (Å²) in [5.41, 5.74) is 0.247. The Balaban J connectivity index is 2.22. The van der Waals surface area contributed by atoms with Crippen molar-refractivity contribution in [3.63, 3.8) is 0 Å². The minimum absolute atomic E-state index is 0.190. The molecule has 0 unspecified atom stereocenters. The Labute approximate surface area is 94.4 Å². The molecular weight excluding hydrogens is 268 g/mol. The summed E-state index contributed by atoms with van der Waals surface area (Å²) in [6, 6.07) is 0.366. The van der Waals surface area contributed by atoms with Crippen LogP contribution in [0.5, 0.6) is 0 Å². The van der Waals surface area contributed by atoms with Gasteiger partial charge >= 0.3 is 0 Å². The van der Waals surface area contributed by atoms with Gasteiger partial charge in [-0.3, -0.25) is 0 Å². The highest BCUT2D eigenvalue weighted by Gasteiger charge is 2.23. The summed E-state index contributed by atoms with van der Waals surface area (Å²) < 4.78 is 25.2. The summed E-state index contributed by atoms with van der Waals surface area (Å²) in [7, 11) is 0. The molecule has 0 aliphatic heterocycles. The van der Waals surface area contributed by atoms with Gasteiger partial charge in [-0.1, -0.05) is 15.9 Å². The Bertz CT molecular complexity index is 355. The minimum atomic E-state index is -2.56. The fraction of sp³-hybridized carbons (Fsp3) is 0.556. The zero-order valence-corrected chi connectivity index (χ0v) is 9.47. The van der Waals surface area contributed by atoms with Crippen molar-refractivity contribution in [2.24, 2.45) is 0 Å². The Morgan fingerprint density at radius 3 is 2.80 bits per heavy atom. The van der Waals surface area contributed by atoms with Crippen molar-refractivity contribution in [1.29, 1.82) is 0 Å². The standard InChI is InChI=1S/C9H10BrF2N3/c10-3-5-4-13-9(14-6-1-2-6)15-7(5)8(11)12/h4,6,8H,1-3H2,(H,13,14,15). The number of hydrogen-bond donors (Lipinski definition) is 1. The number of halogens is 3. The summed E-state index contributed by atoms with van der Waals surface area (Å²) in [5.74, 6) is 0.303. The first kappa shape index (κ1) is 10.7. The van der Waals surface area contributed by atoms with E-state index in [1.54, 1.807) is 0 Å². The third-order valence-electron chi connectivity index (χ3n) is 2.16. The predicted octanol–water partition coefficient (Wildman–Crippen LogP) is 2.88. The fourth-order valence-electron chi connectivity index (χ4n) is 1.19. The second-order valence-corrected chi connectivity index (χ2v) is 4.02. The van der Waals surface area contributed by atoms with Crippen LogP contribution in [0.1, 0.15) is 30.5 Å². The van der Waals surface area contributed by atoms with E-state index in [-0.39, 0.29) is 5.69 Å². The van der Waals surface area contributed by atoms with E-state index in [0.717, 1.165) is 12.8 Å². The van der Waals surface area contributed by atoms with Crippen molar-refractivity contribution < 1.29 is 8.78 Å². The Morgan fingerprint density at radius 1 is 1.53 bits per heavy atom. The van der Waals surface area contributed by atoms with Crippen LogP contribution in [0.3, 0.4) is 0 Å². The van der Waals surface area contributed by atoms with Crippen molar-refractivity contribution in [3.8, 4) is 0 Å². The molecule has 3 nitrogen and oxygen atoms in total. The van der Waals surface area contributed by atoms with Gasteiger partial charge in [0.15, 0.2) is 0 Å². The molecule has 0 aromatic carbocycles. The maximum atomic E-state index is 12.6. The van der Waals surface area contributed by atoms with Crippen molar-refractivity contribution in [2.75, 3.05) is 5.32 Å². The molecule has 0 amide bonds. The van der Waals surface area contributed by atoms with Crippen LogP contribution in [0.15, 0.2) is 6.20 Å². The lowest BCUT2D eigenvalue weighted by Gasteiger charge is -2.08. The van der Waals surface area contributed by atoms with Gasteiger partial charge in [-0.25, -0.2) is 18.7 Å². The van der Waals surface area contributed by atoms with Crippen LogP contribution < -0.4 is 5.32 Å². The molecule has 1 aromatic rings. The van der Waals surface area contributed by atoms with E-state index in [1.807, 2.05) is 0 Å². The van der Waals surface area contributed by atoms with Gasteiger partial charge in [-0.2, -0.15) is 0 Å².